The molecule has 3 aromatic carbocycles. The maximum atomic E-state index is 4.58. The van der Waals surface area contributed by atoms with Gasteiger partial charge in [0.1, 0.15) is 0 Å². The van der Waals surface area contributed by atoms with E-state index in [1.54, 1.807) is 0 Å². The van der Waals surface area contributed by atoms with E-state index in [1.165, 1.54) is 16.7 Å². The number of hydrogen-bond donors (Lipinski definition) is 1. The molecule has 0 radical (unpaired) electrons. The molecule has 3 aromatic rings. The van der Waals surface area contributed by atoms with E-state index in [0.717, 1.165) is 0 Å². The summed E-state index contributed by atoms with van der Waals surface area (Å²) >= 11 is 0. The Morgan fingerprint density at radius 1 is 0.450 bits per heavy atom. The van der Waals surface area contributed by atoms with Gasteiger partial charge in [-0.15, -0.1) is 0 Å². The van der Waals surface area contributed by atoms with Crippen LogP contribution >= 0.6 is 0 Å². The molecule has 98 valence electrons. The normalized spacial score (nSPS) is 11.2. The molecule has 0 spiro atoms. The number of benzene rings is 3. The molecule has 0 aliphatic rings. The molecule has 3 N–H and O–H groups in total. The Morgan fingerprint density at radius 3 is 0.950 bits per heavy atom. The van der Waals surface area contributed by atoms with E-state index in [-0.39, 0.29) is 5.54 Å². The smallest absolute Gasteiger partial charge is 0.172 e. The Labute approximate surface area is 119 Å². The lowest BCUT2D eigenvalue weighted by Crippen LogP contribution is -2.71. The predicted molar refractivity (Wildman–Crippen MR) is 82.1 cm³/mol. The molecule has 0 atom stereocenters. The molecule has 0 aromatic heterocycles. The van der Waals surface area contributed by atoms with Crippen molar-refractivity contribution in [1.82, 2.24) is 0 Å². The van der Waals surface area contributed by atoms with Crippen LogP contribution in [0.25, 0.3) is 0 Å². The minimum Gasteiger partial charge on any atom is -0.341 e. The van der Waals surface area contributed by atoms with E-state index < -0.39 is 0 Å². The summed E-state index contributed by atoms with van der Waals surface area (Å²) in [7, 11) is 0. The predicted octanol–water partition coefficient (Wildman–Crippen LogP) is 3.22. The monoisotopic (exact) mass is 260 g/mol. The van der Waals surface area contributed by atoms with E-state index in [1.807, 2.05) is 18.2 Å². The molecule has 0 amide bonds. The van der Waals surface area contributed by atoms with Gasteiger partial charge in [-0.2, -0.15) is 0 Å². The fraction of sp³-hybridized carbons (Fsp3) is 0.0526. The lowest BCUT2D eigenvalue weighted by molar-refractivity contribution is -0.455. The second-order valence-corrected chi connectivity index (χ2v) is 5.00. The van der Waals surface area contributed by atoms with Crippen LogP contribution in [0.5, 0.6) is 0 Å². The highest BCUT2D eigenvalue weighted by atomic mass is 14.7. The third kappa shape index (κ3) is 2.13. The zero-order chi connectivity index (χ0) is 13.8. The van der Waals surface area contributed by atoms with Gasteiger partial charge in [0.2, 0.25) is 0 Å². The van der Waals surface area contributed by atoms with E-state index >= 15 is 0 Å². The quantitative estimate of drug-likeness (QED) is 0.700. The van der Waals surface area contributed by atoms with E-state index in [0.29, 0.717) is 0 Å². The fourth-order valence-electron chi connectivity index (χ4n) is 2.67. The summed E-state index contributed by atoms with van der Waals surface area (Å²) in [6, 6.07) is 31.4. The summed E-state index contributed by atoms with van der Waals surface area (Å²) in [5, 5.41) is 0. The third-order valence-corrected chi connectivity index (χ3v) is 3.80. The molecule has 0 bridgehead atoms. The second-order valence-electron chi connectivity index (χ2n) is 5.00. The third-order valence-electron chi connectivity index (χ3n) is 3.80. The summed E-state index contributed by atoms with van der Waals surface area (Å²) in [5.41, 5.74) is 7.83. The maximum absolute atomic E-state index is 4.58. The minimum atomic E-state index is -0.371. The van der Waals surface area contributed by atoms with Gasteiger partial charge < -0.3 is 5.73 Å². The van der Waals surface area contributed by atoms with Crippen molar-refractivity contribution in [1.29, 1.82) is 0 Å². The van der Waals surface area contributed by atoms with Crippen LogP contribution in [0.15, 0.2) is 91.0 Å². The molecule has 0 aliphatic heterocycles. The van der Waals surface area contributed by atoms with Crippen LogP contribution in [-0.4, -0.2) is 0 Å². The zero-order valence-electron chi connectivity index (χ0n) is 11.4. The van der Waals surface area contributed by atoms with Crippen LogP contribution in [0.3, 0.4) is 0 Å². The average Bonchev–Trinajstić information content (AvgIpc) is 2.56. The van der Waals surface area contributed by atoms with Gasteiger partial charge in [0.15, 0.2) is 5.54 Å². The summed E-state index contributed by atoms with van der Waals surface area (Å²) in [6.45, 7) is 0. The Balaban J connectivity index is 2.24. The molecule has 3 rings (SSSR count). The van der Waals surface area contributed by atoms with Gasteiger partial charge in [-0.25, -0.2) is 0 Å². The molecule has 1 nitrogen and oxygen atoms in total. The van der Waals surface area contributed by atoms with Crippen molar-refractivity contribution in [3.8, 4) is 0 Å². The van der Waals surface area contributed by atoms with Gasteiger partial charge in [0, 0.05) is 16.7 Å². The van der Waals surface area contributed by atoms with Gasteiger partial charge in [-0.05, 0) is 0 Å². The lowest BCUT2D eigenvalue weighted by Gasteiger charge is -2.27. The van der Waals surface area contributed by atoms with Crippen LogP contribution < -0.4 is 5.73 Å². The zero-order valence-corrected chi connectivity index (χ0v) is 11.4. The highest BCUT2D eigenvalue weighted by molar-refractivity contribution is 5.45. The Morgan fingerprint density at radius 2 is 0.700 bits per heavy atom. The van der Waals surface area contributed by atoms with Crippen LogP contribution in [0, 0.1) is 0 Å². The highest BCUT2D eigenvalue weighted by Crippen LogP contribution is 2.31. The first-order chi connectivity index (χ1) is 9.82. The number of quaternary nitrogens is 1. The van der Waals surface area contributed by atoms with Crippen molar-refractivity contribution in [2.75, 3.05) is 0 Å². The summed E-state index contributed by atoms with van der Waals surface area (Å²) < 4.78 is 0. The van der Waals surface area contributed by atoms with Crippen LogP contribution in [0.1, 0.15) is 16.7 Å². The molecule has 0 saturated heterocycles. The first kappa shape index (κ1) is 12.6. The molecule has 0 unspecified atom stereocenters. The van der Waals surface area contributed by atoms with Crippen molar-refractivity contribution in [3.05, 3.63) is 108 Å². The van der Waals surface area contributed by atoms with Crippen LogP contribution in [0.2, 0.25) is 0 Å². The molecule has 1 heteroatoms. The van der Waals surface area contributed by atoms with Crippen molar-refractivity contribution >= 4 is 0 Å². The molecular formula is C19H18N+. The first-order valence-electron chi connectivity index (χ1n) is 6.84. The van der Waals surface area contributed by atoms with Gasteiger partial charge in [0.05, 0.1) is 0 Å². The van der Waals surface area contributed by atoms with Crippen molar-refractivity contribution < 1.29 is 5.73 Å². The molecular weight excluding hydrogens is 242 g/mol. The van der Waals surface area contributed by atoms with Crippen molar-refractivity contribution in [3.63, 3.8) is 0 Å². The Kier molecular flexibility index (Phi) is 3.36. The van der Waals surface area contributed by atoms with E-state index in [2.05, 4.69) is 78.5 Å². The molecule has 0 saturated carbocycles. The highest BCUT2D eigenvalue weighted by Gasteiger charge is 2.35. The van der Waals surface area contributed by atoms with E-state index in [9.17, 15) is 0 Å². The molecule has 20 heavy (non-hydrogen) atoms. The summed E-state index contributed by atoms with van der Waals surface area (Å²) in [6.07, 6.45) is 0. The van der Waals surface area contributed by atoms with Crippen LogP contribution in [-0.2, 0) is 5.54 Å². The summed E-state index contributed by atoms with van der Waals surface area (Å²) in [4.78, 5) is 0. The molecule has 0 aliphatic carbocycles. The second kappa shape index (κ2) is 5.32. The Bertz CT molecular complexity index is 563. The van der Waals surface area contributed by atoms with Gasteiger partial charge in [0.25, 0.3) is 0 Å². The topological polar surface area (TPSA) is 27.6 Å². The Hall–Kier alpha value is -2.38. The standard InChI is InChI=1S/C19H17N/c20-19(16-10-4-1-5-11-16,17-12-6-2-7-13-17)18-14-8-3-9-15-18/h1-15H,20H2/p+1. The number of hydrogen-bond acceptors (Lipinski definition) is 0. The van der Waals surface area contributed by atoms with Gasteiger partial charge in [-0.3, -0.25) is 0 Å². The van der Waals surface area contributed by atoms with E-state index in [4.69, 9.17) is 0 Å². The van der Waals surface area contributed by atoms with Crippen molar-refractivity contribution in [2.24, 2.45) is 0 Å². The van der Waals surface area contributed by atoms with Crippen molar-refractivity contribution in [2.45, 2.75) is 5.54 Å². The largest absolute Gasteiger partial charge is 0.341 e. The number of rotatable bonds is 3. The average molecular weight is 260 g/mol. The SMILES string of the molecule is [NH3+]C(c1ccccc1)(c1ccccc1)c1ccccc1. The molecule has 0 heterocycles. The van der Waals surface area contributed by atoms with Crippen LogP contribution in [0.4, 0.5) is 0 Å². The van der Waals surface area contributed by atoms with Gasteiger partial charge in [-0.1, -0.05) is 91.0 Å². The fourth-order valence-corrected chi connectivity index (χ4v) is 2.67. The first-order valence-corrected chi connectivity index (χ1v) is 6.84. The lowest BCUT2D eigenvalue weighted by atomic mass is 9.78. The maximum Gasteiger partial charge on any atom is 0.172 e. The minimum absolute atomic E-state index is 0.371. The summed E-state index contributed by atoms with van der Waals surface area (Å²) in [5.74, 6) is 0. The molecule has 0 fully saturated rings. The van der Waals surface area contributed by atoms with Gasteiger partial charge >= 0.3 is 0 Å².